The summed E-state index contributed by atoms with van der Waals surface area (Å²) in [5.74, 6) is -0.168. The van der Waals surface area contributed by atoms with Crippen LogP contribution < -0.4 is 5.73 Å². The summed E-state index contributed by atoms with van der Waals surface area (Å²) in [5, 5.41) is 9.11. The number of hydrogen-bond acceptors (Lipinski definition) is 3. The van der Waals surface area contributed by atoms with Crippen LogP contribution in [0.15, 0.2) is 0 Å². The lowest BCUT2D eigenvalue weighted by Gasteiger charge is -2.35. The number of nitrogens with zero attached hydrogens (tertiary/aromatic N) is 1. The molecule has 112 valence electrons. The summed E-state index contributed by atoms with van der Waals surface area (Å²) in [6, 6.07) is 0.0591. The summed E-state index contributed by atoms with van der Waals surface area (Å²) in [6.45, 7) is -0.163. The smallest absolute Gasteiger partial charge is 0.323 e. The minimum atomic E-state index is -0.915. The van der Waals surface area contributed by atoms with Crippen LogP contribution in [0.5, 0.6) is 0 Å². The third kappa shape index (κ3) is 2.32. The number of hydrogen-bond donors (Lipinski definition) is 2. The molecule has 0 aromatic carbocycles. The van der Waals surface area contributed by atoms with Gasteiger partial charge in [-0.15, -0.1) is 0 Å². The van der Waals surface area contributed by atoms with Crippen LogP contribution in [0.1, 0.15) is 44.9 Å². The van der Waals surface area contributed by atoms with E-state index < -0.39 is 5.97 Å². The lowest BCUT2D eigenvalue weighted by molar-refractivity contribution is -0.149. The Morgan fingerprint density at radius 3 is 2.30 bits per heavy atom. The fourth-order valence-corrected chi connectivity index (χ4v) is 4.64. The monoisotopic (exact) mass is 280 g/mol. The standard InChI is InChI=1S/C15H24N2O3/c16-14-10-6-5-9(7-10)13(14)15(20)17(8-12(18)19)11-3-1-2-4-11/h9-11,13-14H,1-8,16H2,(H,18,19). The maximum atomic E-state index is 12.9. The Morgan fingerprint density at radius 2 is 1.75 bits per heavy atom. The molecule has 5 heteroatoms. The van der Waals surface area contributed by atoms with Gasteiger partial charge >= 0.3 is 5.97 Å². The number of carbonyl (C=O) groups excluding carboxylic acids is 1. The van der Waals surface area contributed by atoms with Crippen molar-refractivity contribution in [1.82, 2.24) is 4.90 Å². The molecule has 1 amide bonds. The van der Waals surface area contributed by atoms with Gasteiger partial charge in [-0.1, -0.05) is 12.8 Å². The Morgan fingerprint density at radius 1 is 1.10 bits per heavy atom. The average molecular weight is 280 g/mol. The highest BCUT2D eigenvalue weighted by Crippen LogP contribution is 2.48. The van der Waals surface area contributed by atoms with E-state index in [-0.39, 0.29) is 30.5 Å². The maximum Gasteiger partial charge on any atom is 0.323 e. The van der Waals surface area contributed by atoms with Crippen molar-refractivity contribution < 1.29 is 14.7 Å². The number of carboxylic acids is 1. The number of carboxylic acid groups (broad SMARTS) is 1. The molecular formula is C15H24N2O3. The average Bonchev–Trinajstić information content (AvgIpc) is 3.11. The molecule has 3 aliphatic rings. The van der Waals surface area contributed by atoms with Gasteiger partial charge in [0, 0.05) is 12.1 Å². The predicted molar refractivity (Wildman–Crippen MR) is 73.9 cm³/mol. The van der Waals surface area contributed by atoms with Gasteiger partial charge in [-0.05, 0) is 43.9 Å². The van der Waals surface area contributed by atoms with Crippen LogP contribution in [0.2, 0.25) is 0 Å². The first-order chi connectivity index (χ1) is 9.58. The molecule has 4 unspecified atom stereocenters. The van der Waals surface area contributed by atoms with Crippen LogP contribution in [0.25, 0.3) is 0 Å². The van der Waals surface area contributed by atoms with Gasteiger partial charge in [-0.2, -0.15) is 0 Å². The molecule has 20 heavy (non-hydrogen) atoms. The van der Waals surface area contributed by atoms with Crippen LogP contribution in [0.3, 0.4) is 0 Å². The highest BCUT2D eigenvalue weighted by molar-refractivity contribution is 5.84. The molecule has 0 saturated heterocycles. The highest BCUT2D eigenvalue weighted by atomic mass is 16.4. The third-order valence-electron chi connectivity index (χ3n) is 5.62. The van der Waals surface area contributed by atoms with Crippen molar-refractivity contribution in [2.45, 2.75) is 57.0 Å². The molecule has 3 N–H and O–H groups in total. The number of carbonyl (C=O) groups is 2. The fourth-order valence-electron chi connectivity index (χ4n) is 4.64. The SMILES string of the molecule is NC1C2CCC(C2)C1C(=O)N(CC(=O)O)C1CCCC1. The van der Waals surface area contributed by atoms with Gasteiger partial charge in [0.2, 0.25) is 5.91 Å². The zero-order valence-corrected chi connectivity index (χ0v) is 11.8. The van der Waals surface area contributed by atoms with Gasteiger partial charge in [0.25, 0.3) is 0 Å². The van der Waals surface area contributed by atoms with E-state index in [9.17, 15) is 9.59 Å². The fraction of sp³-hybridized carbons (Fsp3) is 0.867. The van der Waals surface area contributed by atoms with Crippen molar-refractivity contribution in [3.8, 4) is 0 Å². The molecule has 0 aromatic rings. The molecule has 3 fully saturated rings. The van der Waals surface area contributed by atoms with Crippen LogP contribution >= 0.6 is 0 Å². The van der Waals surface area contributed by atoms with Crippen molar-refractivity contribution >= 4 is 11.9 Å². The number of aliphatic carboxylic acids is 1. The highest BCUT2D eigenvalue weighted by Gasteiger charge is 2.51. The summed E-state index contributed by atoms with van der Waals surface area (Å²) >= 11 is 0. The van der Waals surface area contributed by atoms with Crippen LogP contribution in [-0.2, 0) is 9.59 Å². The first-order valence-electron chi connectivity index (χ1n) is 7.85. The van der Waals surface area contributed by atoms with E-state index in [0.29, 0.717) is 11.8 Å². The zero-order chi connectivity index (χ0) is 14.3. The molecule has 0 radical (unpaired) electrons. The molecule has 3 rings (SSSR count). The summed E-state index contributed by atoms with van der Waals surface area (Å²) in [5.41, 5.74) is 6.24. The maximum absolute atomic E-state index is 12.9. The van der Waals surface area contributed by atoms with Gasteiger partial charge < -0.3 is 15.7 Å². The second kappa shape index (κ2) is 5.35. The molecule has 5 nitrogen and oxygen atoms in total. The Bertz CT molecular complexity index is 404. The Labute approximate surface area is 119 Å². The van der Waals surface area contributed by atoms with E-state index in [1.165, 1.54) is 0 Å². The summed E-state index contributed by atoms with van der Waals surface area (Å²) in [6.07, 6.45) is 7.35. The van der Waals surface area contributed by atoms with E-state index in [1.54, 1.807) is 4.90 Å². The van der Waals surface area contributed by atoms with E-state index in [1.807, 2.05) is 0 Å². The first kappa shape index (κ1) is 13.9. The van der Waals surface area contributed by atoms with Gasteiger partial charge in [-0.25, -0.2) is 0 Å². The van der Waals surface area contributed by atoms with Crippen LogP contribution in [0.4, 0.5) is 0 Å². The minimum absolute atomic E-state index is 0.0130. The topological polar surface area (TPSA) is 83.6 Å². The Hall–Kier alpha value is -1.10. The second-order valence-corrected chi connectivity index (χ2v) is 6.73. The molecule has 3 saturated carbocycles. The lowest BCUT2D eigenvalue weighted by atomic mass is 9.83. The van der Waals surface area contributed by atoms with Crippen molar-refractivity contribution in [1.29, 1.82) is 0 Å². The summed E-state index contributed by atoms with van der Waals surface area (Å²) in [7, 11) is 0. The van der Waals surface area contributed by atoms with E-state index in [0.717, 1.165) is 44.9 Å². The van der Waals surface area contributed by atoms with E-state index >= 15 is 0 Å². The predicted octanol–water partition coefficient (Wildman–Crippen LogP) is 1.22. The largest absolute Gasteiger partial charge is 0.480 e. The zero-order valence-electron chi connectivity index (χ0n) is 11.8. The molecule has 3 aliphatic carbocycles. The summed E-state index contributed by atoms with van der Waals surface area (Å²) < 4.78 is 0. The van der Waals surface area contributed by atoms with Crippen molar-refractivity contribution in [2.75, 3.05) is 6.54 Å². The molecule has 0 spiro atoms. The van der Waals surface area contributed by atoms with E-state index in [4.69, 9.17) is 10.8 Å². The molecule has 0 aliphatic heterocycles. The van der Waals surface area contributed by atoms with E-state index in [2.05, 4.69) is 0 Å². The molecule has 2 bridgehead atoms. The third-order valence-corrected chi connectivity index (χ3v) is 5.62. The van der Waals surface area contributed by atoms with Gasteiger partial charge in [0.1, 0.15) is 6.54 Å². The van der Waals surface area contributed by atoms with Gasteiger partial charge in [-0.3, -0.25) is 9.59 Å². The van der Waals surface area contributed by atoms with Gasteiger partial charge in [0.05, 0.1) is 5.92 Å². The number of fused-ring (bicyclic) bond motifs is 2. The number of nitrogens with two attached hydrogens (primary N) is 1. The molecule has 0 heterocycles. The van der Waals surface area contributed by atoms with Crippen LogP contribution in [-0.4, -0.2) is 40.5 Å². The van der Waals surface area contributed by atoms with Gasteiger partial charge in [0.15, 0.2) is 0 Å². The first-order valence-corrected chi connectivity index (χ1v) is 7.85. The lowest BCUT2D eigenvalue weighted by Crippen LogP contribution is -2.51. The van der Waals surface area contributed by atoms with Crippen molar-refractivity contribution in [2.24, 2.45) is 23.5 Å². The Kier molecular flexibility index (Phi) is 3.71. The molecular weight excluding hydrogens is 256 g/mol. The van der Waals surface area contributed by atoms with Crippen molar-refractivity contribution in [3.63, 3.8) is 0 Å². The quantitative estimate of drug-likeness (QED) is 0.811. The molecule has 0 aromatic heterocycles. The van der Waals surface area contributed by atoms with Crippen molar-refractivity contribution in [3.05, 3.63) is 0 Å². The second-order valence-electron chi connectivity index (χ2n) is 6.73. The molecule has 4 atom stereocenters. The number of amides is 1. The van der Waals surface area contributed by atoms with Crippen LogP contribution in [0, 0.1) is 17.8 Å². The minimum Gasteiger partial charge on any atom is -0.480 e. The summed E-state index contributed by atoms with van der Waals surface area (Å²) in [4.78, 5) is 25.6. The normalized spacial score (nSPS) is 36.5. The number of rotatable bonds is 4. The Balaban J connectivity index is 1.76.